The van der Waals surface area contributed by atoms with Gasteiger partial charge in [0.1, 0.15) is 11.4 Å². The zero-order valence-electron chi connectivity index (χ0n) is 12.1. The summed E-state index contributed by atoms with van der Waals surface area (Å²) in [5.74, 6) is 0.643. The molecule has 0 atom stereocenters. The Morgan fingerprint density at radius 2 is 2.24 bits per heavy atom. The highest BCUT2D eigenvalue weighted by atomic mass is 16.6. The van der Waals surface area contributed by atoms with E-state index < -0.39 is 4.92 Å². The van der Waals surface area contributed by atoms with Gasteiger partial charge in [0.05, 0.1) is 4.92 Å². The standard InChI is InChI=1S/C14H18N4O3/c1-3-5-12-13(18(19)20)14(17(2)16-12)21-11-7-4-6-10(8-11)9-15/h4,6-8H,3,5,9,15H2,1-2H3. The van der Waals surface area contributed by atoms with Gasteiger partial charge in [-0.2, -0.15) is 5.10 Å². The minimum Gasteiger partial charge on any atom is -0.434 e. The predicted molar refractivity (Wildman–Crippen MR) is 78.3 cm³/mol. The number of benzene rings is 1. The molecule has 0 bridgehead atoms. The van der Waals surface area contributed by atoms with Crippen molar-refractivity contribution < 1.29 is 9.66 Å². The fourth-order valence-electron chi connectivity index (χ4n) is 2.10. The molecular formula is C14H18N4O3. The number of hydrogen-bond donors (Lipinski definition) is 1. The molecule has 0 unspecified atom stereocenters. The van der Waals surface area contributed by atoms with Crippen molar-refractivity contribution in [2.24, 2.45) is 12.8 Å². The molecule has 7 heteroatoms. The van der Waals surface area contributed by atoms with Crippen LogP contribution in [0.3, 0.4) is 0 Å². The maximum atomic E-state index is 11.3. The highest BCUT2D eigenvalue weighted by Crippen LogP contribution is 2.34. The van der Waals surface area contributed by atoms with Gasteiger partial charge in [0.15, 0.2) is 0 Å². The van der Waals surface area contributed by atoms with E-state index in [1.165, 1.54) is 4.68 Å². The molecule has 2 N–H and O–H groups in total. The summed E-state index contributed by atoms with van der Waals surface area (Å²) >= 11 is 0. The summed E-state index contributed by atoms with van der Waals surface area (Å²) in [6.07, 6.45) is 1.32. The SMILES string of the molecule is CCCc1nn(C)c(Oc2cccc(CN)c2)c1[N+](=O)[O-]. The maximum absolute atomic E-state index is 11.3. The molecule has 0 aliphatic carbocycles. The molecule has 21 heavy (non-hydrogen) atoms. The molecule has 0 aliphatic heterocycles. The zero-order valence-corrected chi connectivity index (χ0v) is 12.1. The van der Waals surface area contributed by atoms with E-state index in [0.29, 0.717) is 24.4 Å². The average Bonchev–Trinajstić information content (AvgIpc) is 2.76. The van der Waals surface area contributed by atoms with Crippen molar-refractivity contribution >= 4 is 5.69 Å². The van der Waals surface area contributed by atoms with Crippen molar-refractivity contribution in [1.82, 2.24) is 9.78 Å². The van der Waals surface area contributed by atoms with E-state index in [9.17, 15) is 10.1 Å². The fourth-order valence-corrected chi connectivity index (χ4v) is 2.10. The Morgan fingerprint density at radius 1 is 1.48 bits per heavy atom. The fraction of sp³-hybridized carbons (Fsp3) is 0.357. The molecule has 0 fully saturated rings. The molecule has 0 saturated carbocycles. The summed E-state index contributed by atoms with van der Waals surface area (Å²) in [6.45, 7) is 2.33. The van der Waals surface area contributed by atoms with Crippen LogP contribution in [-0.4, -0.2) is 14.7 Å². The van der Waals surface area contributed by atoms with Crippen LogP contribution < -0.4 is 10.5 Å². The summed E-state index contributed by atoms with van der Waals surface area (Å²) in [5, 5.41) is 15.5. The van der Waals surface area contributed by atoms with Gasteiger partial charge in [0, 0.05) is 13.6 Å². The summed E-state index contributed by atoms with van der Waals surface area (Å²) in [4.78, 5) is 10.9. The number of rotatable bonds is 6. The lowest BCUT2D eigenvalue weighted by molar-refractivity contribution is -0.386. The van der Waals surface area contributed by atoms with Crippen molar-refractivity contribution in [3.05, 3.63) is 45.6 Å². The maximum Gasteiger partial charge on any atom is 0.353 e. The molecule has 1 aromatic heterocycles. The number of hydrogen-bond acceptors (Lipinski definition) is 5. The van der Waals surface area contributed by atoms with Gasteiger partial charge in [0.2, 0.25) is 0 Å². The molecule has 2 rings (SSSR count). The van der Waals surface area contributed by atoms with E-state index in [1.54, 1.807) is 25.2 Å². The third-order valence-electron chi connectivity index (χ3n) is 3.06. The quantitative estimate of drug-likeness (QED) is 0.651. The zero-order chi connectivity index (χ0) is 15.4. The lowest BCUT2D eigenvalue weighted by Gasteiger charge is -2.06. The van der Waals surface area contributed by atoms with Gasteiger partial charge >= 0.3 is 5.69 Å². The van der Waals surface area contributed by atoms with E-state index in [-0.39, 0.29) is 11.6 Å². The van der Waals surface area contributed by atoms with Crippen molar-refractivity contribution in [3.63, 3.8) is 0 Å². The molecular weight excluding hydrogens is 272 g/mol. The monoisotopic (exact) mass is 290 g/mol. The predicted octanol–water partition coefficient (Wildman–Crippen LogP) is 2.53. The lowest BCUT2D eigenvalue weighted by Crippen LogP contribution is -1.99. The Hall–Kier alpha value is -2.41. The molecule has 2 aromatic rings. The molecule has 7 nitrogen and oxygen atoms in total. The Kier molecular flexibility index (Phi) is 4.54. The van der Waals surface area contributed by atoms with Gasteiger partial charge in [-0.25, -0.2) is 4.68 Å². The molecule has 0 spiro atoms. The van der Waals surface area contributed by atoms with Crippen molar-refractivity contribution in [2.45, 2.75) is 26.3 Å². The number of nitrogens with two attached hydrogens (primary N) is 1. The molecule has 0 radical (unpaired) electrons. The number of aromatic nitrogens is 2. The normalized spacial score (nSPS) is 10.6. The van der Waals surface area contributed by atoms with Gasteiger partial charge in [-0.1, -0.05) is 25.5 Å². The van der Waals surface area contributed by atoms with E-state index in [4.69, 9.17) is 10.5 Å². The third kappa shape index (κ3) is 3.19. The summed E-state index contributed by atoms with van der Waals surface area (Å²) in [6, 6.07) is 7.16. The molecule has 0 saturated heterocycles. The third-order valence-corrected chi connectivity index (χ3v) is 3.06. The van der Waals surface area contributed by atoms with Gasteiger partial charge in [-0.3, -0.25) is 10.1 Å². The van der Waals surface area contributed by atoms with Crippen LogP contribution in [0, 0.1) is 10.1 Å². The first-order chi connectivity index (χ1) is 10.1. The van der Waals surface area contributed by atoms with E-state index in [1.807, 2.05) is 13.0 Å². The summed E-state index contributed by atoms with van der Waals surface area (Å²) in [7, 11) is 1.63. The molecule has 0 amide bonds. The number of aryl methyl sites for hydroxylation is 2. The van der Waals surface area contributed by atoms with Crippen LogP contribution >= 0.6 is 0 Å². The summed E-state index contributed by atoms with van der Waals surface area (Å²) in [5.41, 5.74) is 6.85. The average molecular weight is 290 g/mol. The molecule has 0 aliphatic rings. The summed E-state index contributed by atoms with van der Waals surface area (Å²) < 4.78 is 7.08. The Labute approximate surface area is 122 Å². The van der Waals surface area contributed by atoms with Gasteiger partial charge in [-0.15, -0.1) is 0 Å². The first-order valence-electron chi connectivity index (χ1n) is 6.74. The van der Waals surface area contributed by atoms with Gasteiger partial charge in [-0.05, 0) is 24.1 Å². The van der Waals surface area contributed by atoms with Gasteiger partial charge < -0.3 is 10.5 Å². The van der Waals surface area contributed by atoms with Crippen LogP contribution in [0.5, 0.6) is 11.6 Å². The largest absolute Gasteiger partial charge is 0.434 e. The number of ether oxygens (including phenoxy) is 1. The van der Waals surface area contributed by atoms with Crippen LogP contribution in [0.2, 0.25) is 0 Å². The molecule has 112 valence electrons. The second-order valence-corrected chi connectivity index (χ2v) is 4.68. The van der Waals surface area contributed by atoms with E-state index in [2.05, 4.69) is 5.10 Å². The Bertz CT molecular complexity index is 652. The van der Waals surface area contributed by atoms with Gasteiger partial charge in [0.25, 0.3) is 5.88 Å². The van der Waals surface area contributed by atoms with Crippen molar-refractivity contribution in [2.75, 3.05) is 0 Å². The first kappa shape index (κ1) is 15.0. The number of nitrogens with zero attached hydrogens (tertiary/aromatic N) is 3. The number of nitro groups is 1. The smallest absolute Gasteiger partial charge is 0.353 e. The first-order valence-corrected chi connectivity index (χ1v) is 6.74. The van der Waals surface area contributed by atoms with Crippen LogP contribution in [0.25, 0.3) is 0 Å². The Balaban J connectivity index is 2.40. The minimum absolute atomic E-state index is 0.0718. The lowest BCUT2D eigenvalue weighted by atomic mass is 10.2. The van der Waals surface area contributed by atoms with Crippen LogP contribution in [-0.2, 0) is 20.0 Å². The van der Waals surface area contributed by atoms with Crippen molar-refractivity contribution in [3.8, 4) is 11.6 Å². The molecule has 1 heterocycles. The van der Waals surface area contributed by atoms with Crippen LogP contribution in [0.15, 0.2) is 24.3 Å². The second kappa shape index (κ2) is 6.36. The highest BCUT2D eigenvalue weighted by molar-refractivity contribution is 5.48. The van der Waals surface area contributed by atoms with Crippen LogP contribution in [0.1, 0.15) is 24.6 Å². The topological polar surface area (TPSA) is 96.2 Å². The Morgan fingerprint density at radius 3 is 2.86 bits per heavy atom. The minimum atomic E-state index is -0.444. The van der Waals surface area contributed by atoms with Crippen molar-refractivity contribution in [1.29, 1.82) is 0 Å². The van der Waals surface area contributed by atoms with E-state index >= 15 is 0 Å². The van der Waals surface area contributed by atoms with Crippen LogP contribution in [0.4, 0.5) is 5.69 Å². The highest BCUT2D eigenvalue weighted by Gasteiger charge is 2.28. The molecule has 1 aromatic carbocycles. The van der Waals surface area contributed by atoms with E-state index in [0.717, 1.165) is 12.0 Å². The second-order valence-electron chi connectivity index (χ2n) is 4.68.